The van der Waals surface area contributed by atoms with E-state index in [1.807, 2.05) is 18.2 Å². The molecule has 0 aliphatic rings. The van der Waals surface area contributed by atoms with Crippen molar-refractivity contribution in [2.75, 3.05) is 5.73 Å². The van der Waals surface area contributed by atoms with Crippen LogP contribution < -0.4 is 5.73 Å². The first kappa shape index (κ1) is 16.0. The quantitative estimate of drug-likeness (QED) is 0.638. The minimum absolute atomic E-state index is 0.0642. The van der Waals surface area contributed by atoms with E-state index in [4.69, 9.17) is 17.3 Å². The average Bonchev–Trinajstić information content (AvgIpc) is 2.86. The average molecular weight is 400 g/mol. The summed E-state index contributed by atoms with van der Waals surface area (Å²) in [5, 5.41) is 10.2. The van der Waals surface area contributed by atoms with Gasteiger partial charge in [0, 0.05) is 23.9 Å². The molecule has 0 saturated heterocycles. The van der Waals surface area contributed by atoms with Gasteiger partial charge in [-0.25, -0.2) is 14.4 Å². The minimum Gasteiger partial charge on any atom is -0.506 e. The Hall–Kier alpha value is -1.86. The van der Waals surface area contributed by atoms with Crippen LogP contribution in [0.4, 0.5) is 10.2 Å². The molecule has 1 atom stereocenters. The molecule has 3 rings (SSSR count). The molecule has 0 unspecified atom stereocenters. The highest BCUT2D eigenvalue weighted by atomic mass is 79.9. The molecule has 0 bridgehead atoms. The Morgan fingerprint density at radius 1 is 1.48 bits per heavy atom. The zero-order valence-corrected chi connectivity index (χ0v) is 14.7. The largest absolute Gasteiger partial charge is 0.506 e. The maximum absolute atomic E-state index is 13.8. The van der Waals surface area contributed by atoms with Gasteiger partial charge in [-0.3, -0.25) is 4.40 Å². The maximum atomic E-state index is 13.8. The van der Waals surface area contributed by atoms with Crippen LogP contribution in [0.5, 0.6) is 5.75 Å². The van der Waals surface area contributed by atoms with E-state index in [9.17, 15) is 9.50 Å². The van der Waals surface area contributed by atoms with Crippen LogP contribution in [0.3, 0.4) is 0 Å². The van der Waals surface area contributed by atoms with Crippen LogP contribution in [-0.2, 0) is 0 Å². The summed E-state index contributed by atoms with van der Waals surface area (Å²) in [5.41, 5.74) is 7.81. The van der Waals surface area contributed by atoms with Gasteiger partial charge in [-0.05, 0) is 28.9 Å². The molecule has 120 valence electrons. The van der Waals surface area contributed by atoms with Gasteiger partial charge in [0.25, 0.3) is 0 Å². The molecule has 0 spiro atoms. The Balaban J connectivity index is 2.23. The van der Waals surface area contributed by atoms with E-state index in [0.717, 1.165) is 5.69 Å². The third-order valence-corrected chi connectivity index (χ3v) is 4.80. The van der Waals surface area contributed by atoms with Crippen LogP contribution in [0.2, 0.25) is 5.02 Å². The van der Waals surface area contributed by atoms with Crippen molar-refractivity contribution in [1.29, 1.82) is 0 Å². The van der Waals surface area contributed by atoms with E-state index in [1.165, 1.54) is 6.07 Å². The second-order valence-corrected chi connectivity index (χ2v) is 6.43. The van der Waals surface area contributed by atoms with Crippen molar-refractivity contribution >= 4 is 38.9 Å². The molecule has 0 fully saturated rings. The summed E-state index contributed by atoms with van der Waals surface area (Å²) in [6, 6.07) is 1.41. The van der Waals surface area contributed by atoms with Gasteiger partial charge in [-0.15, -0.1) is 0 Å². The fourth-order valence-corrected chi connectivity index (χ4v) is 3.42. The monoisotopic (exact) mass is 398 g/mol. The Bertz CT molecular complexity index is 928. The van der Waals surface area contributed by atoms with Crippen molar-refractivity contribution in [1.82, 2.24) is 14.4 Å². The Morgan fingerprint density at radius 3 is 2.87 bits per heavy atom. The number of hydrogen-bond donors (Lipinski definition) is 2. The SMILES string of the molecule is Cc1nc([C@@H](C)c2cc(Cl)c(F)c(Br)c2O)n2ccnc(N)c12. The molecule has 0 amide bonds. The lowest BCUT2D eigenvalue weighted by Gasteiger charge is -2.15. The van der Waals surface area contributed by atoms with Crippen molar-refractivity contribution in [3.05, 3.63) is 50.9 Å². The topological polar surface area (TPSA) is 76.4 Å². The minimum atomic E-state index is -0.697. The van der Waals surface area contributed by atoms with Crippen molar-refractivity contribution in [3.63, 3.8) is 0 Å². The summed E-state index contributed by atoms with van der Waals surface area (Å²) in [6.07, 6.45) is 3.32. The zero-order chi connectivity index (χ0) is 16.9. The number of halogens is 3. The van der Waals surface area contributed by atoms with Gasteiger partial charge in [0.15, 0.2) is 5.82 Å². The number of rotatable bonds is 2. The number of benzene rings is 1. The number of hydrogen-bond acceptors (Lipinski definition) is 4. The molecular formula is C15H13BrClFN4O. The number of nitrogen functional groups attached to an aromatic ring is 1. The number of phenols is 1. The lowest BCUT2D eigenvalue weighted by Crippen LogP contribution is -2.05. The van der Waals surface area contributed by atoms with Crippen molar-refractivity contribution in [2.45, 2.75) is 19.8 Å². The first-order valence-corrected chi connectivity index (χ1v) is 7.95. The van der Waals surface area contributed by atoms with Crippen molar-refractivity contribution in [3.8, 4) is 5.75 Å². The smallest absolute Gasteiger partial charge is 0.159 e. The van der Waals surface area contributed by atoms with E-state index in [1.54, 1.807) is 12.4 Å². The predicted octanol–water partition coefficient (Wildman–Crippen LogP) is 4.03. The Morgan fingerprint density at radius 2 is 2.17 bits per heavy atom. The molecule has 5 nitrogen and oxygen atoms in total. The Kier molecular flexibility index (Phi) is 3.93. The first-order chi connectivity index (χ1) is 10.8. The van der Waals surface area contributed by atoms with E-state index in [2.05, 4.69) is 25.9 Å². The molecular weight excluding hydrogens is 387 g/mol. The van der Waals surface area contributed by atoms with Gasteiger partial charge in [0.2, 0.25) is 0 Å². The molecule has 1 aromatic carbocycles. The molecule has 3 aromatic rings. The van der Waals surface area contributed by atoms with Crippen LogP contribution in [0, 0.1) is 12.7 Å². The number of phenolic OH excluding ortho intramolecular Hbond substituents is 1. The van der Waals surface area contributed by atoms with E-state index in [0.29, 0.717) is 22.7 Å². The molecule has 0 aliphatic carbocycles. The highest BCUT2D eigenvalue weighted by molar-refractivity contribution is 9.10. The summed E-state index contributed by atoms with van der Waals surface area (Å²) >= 11 is 8.92. The molecule has 0 saturated carbocycles. The van der Waals surface area contributed by atoms with Gasteiger partial charge >= 0.3 is 0 Å². The standard InChI is InChI=1S/C15H13BrClFN4O/c1-6(8-5-9(17)11(18)10(16)13(8)23)15-21-7(2)12-14(19)20-3-4-22(12)15/h3-6,23H,1-2H3,(H2,19,20)/t6-/m0/s1. The van der Waals surface area contributed by atoms with Crippen LogP contribution in [0.1, 0.15) is 29.9 Å². The highest BCUT2D eigenvalue weighted by Gasteiger charge is 2.24. The fourth-order valence-electron chi connectivity index (χ4n) is 2.65. The maximum Gasteiger partial charge on any atom is 0.159 e. The fraction of sp³-hybridized carbons (Fsp3) is 0.200. The van der Waals surface area contributed by atoms with Crippen LogP contribution >= 0.6 is 27.5 Å². The molecule has 3 N–H and O–H groups in total. The molecule has 23 heavy (non-hydrogen) atoms. The number of nitrogens with zero attached hydrogens (tertiary/aromatic N) is 3. The van der Waals surface area contributed by atoms with Gasteiger partial charge < -0.3 is 10.8 Å². The molecule has 2 aromatic heterocycles. The number of nitrogens with two attached hydrogens (primary N) is 1. The van der Waals surface area contributed by atoms with Crippen molar-refractivity contribution < 1.29 is 9.50 Å². The summed E-state index contributed by atoms with van der Waals surface area (Å²) < 4.78 is 15.5. The predicted molar refractivity (Wildman–Crippen MR) is 90.4 cm³/mol. The zero-order valence-electron chi connectivity index (χ0n) is 12.3. The lowest BCUT2D eigenvalue weighted by atomic mass is 9.99. The summed E-state index contributed by atoms with van der Waals surface area (Å²) in [4.78, 5) is 8.59. The first-order valence-electron chi connectivity index (χ1n) is 6.78. The van der Waals surface area contributed by atoms with Gasteiger partial charge in [0.1, 0.15) is 22.9 Å². The number of aromatic nitrogens is 3. The summed E-state index contributed by atoms with van der Waals surface area (Å²) in [6.45, 7) is 3.68. The van der Waals surface area contributed by atoms with Crippen molar-refractivity contribution in [2.24, 2.45) is 0 Å². The number of imidazole rings is 1. The van der Waals surface area contributed by atoms with Crippen LogP contribution in [0.25, 0.3) is 5.52 Å². The Labute approximate surface area is 145 Å². The highest BCUT2D eigenvalue weighted by Crippen LogP contribution is 2.40. The normalized spacial score (nSPS) is 12.7. The lowest BCUT2D eigenvalue weighted by molar-refractivity contribution is 0.454. The van der Waals surface area contributed by atoms with Gasteiger partial charge in [0.05, 0.1) is 15.2 Å². The molecule has 8 heteroatoms. The number of aromatic hydroxyl groups is 1. The van der Waals surface area contributed by atoms with Gasteiger partial charge in [-0.1, -0.05) is 18.5 Å². The molecule has 2 heterocycles. The summed E-state index contributed by atoms with van der Waals surface area (Å²) in [7, 11) is 0. The second-order valence-electron chi connectivity index (χ2n) is 5.23. The van der Waals surface area contributed by atoms with E-state index >= 15 is 0 Å². The second kappa shape index (κ2) is 5.65. The number of fused-ring (bicyclic) bond motifs is 1. The summed E-state index contributed by atoms with van der Waals surface area (Å²) in [5.74, 6) is -0.212. The third kappa shape index (κ3) is 2.44. The van der Waals surface area contributed by atoms with Crippen LogP contribution in [0.15, 0.2) is 22.9 Å². The molecule has 0 aliphatic heterocycles. The van der Waals surface area contributed by atoms with E-state index in [-0.39, 0.29) is 21.2 Å². The number of aryl methyl sites for hydroxylation is 1. The van der Waals surface area contributed by atoms with Crippen LogP contribution in [-0.4, -0.2) is 19.5 Å². The van der Waals surface area contributed by atoms with E-state index < -0.39 is 5.82 Å². The third-order valence-electron chi connectivity index (χ3n) is 3.80. The molecule has 0 radical (unpaired) electrons. The number of anilines is 1. The van der Waals surface area contributed by atoms with Gasteiger partial charge in [-0.2, -0.15) is 0 Å².